The maximum atomic E-state index is 4.39. The standard InChI is InChI=1S/C14H16N2S/c1-9(15-2)10-7-8-17-14-13(10)11-5-3-4-6-12(11)16-14/h3-6,10,16H,7-8H2,1-2H3/b15-9+. The van der Waals surface area contributed by atoms with Crippen molar-refractivity contribution >= 4 is 28.4 Å². The van der Waals surface area contributed by atoms with Crippen LogP contribution in [0.3, 0.4) is 0 Å². The van der Waals surface area contributed by atoms with Crippen LogP contribution >= 0.6 is 11.8 Å². The molecule has 0 amide bonds. The highest BCUT2D eigenvalue weighted by Gasteiger charge is 2.26. The van der Waals surface area contributed by atoms with Gasteiger partial charge in [-0.15, -0.1) is 11.8 Å². The highest BCUT2D eigenvalue weighted by atomic mass is 32.2. The number of aromatic amines is 1. The van der Waals surface area contributed by atoms with Gasteiger partial charge in [-0.3, -0.25) is 4.99 Å². The van der Waals surface area contributed by atoms with Crippen LogP contribution in [0.4, 0.5) is 0 Å². The molecule has 1 unspecified atom stereocenters. The average molecular weight is 244 g/mol. The molecule has 1 atom stereocenters. The second kappa shape index (κ2) is 4.22. The molecule has 17 heavy (non-hydrogen) atoms. The van der Waals surface area contributed by atoms with E-state index < -0.39 is 0 Å². The number of hydrogen-bond acceptors (Lipinski definition) is 2. The molecule has 0 fully saturated rings. The number of rotatable bonds is 1. The molecule has 0 bridgehead atoms. The lowest BCUT2D eigenvalue weighted by Crippen LogP contribution is -2.14. The molecular weight excluding hydrogens is 228 g/mol. The normalized spacial score (nSPS) is 20.6. The molecule has 0 radical (unpaired) electrons. The fourth-order valence-corrected chi connectivity index (χ4v) is 3.74. The molecule has 1 aromatic heterocycles. The van der Waals surface area contributed by atoms with Crippen LogP contribution in [0, 0.1) is 0 Å². The van der Waals surface area contributed by atoms with Gasteiger partial charge in [-0.1, -0.05) is 18.2 Å². The van der Waals surface area contributed by atoms with Crippen LogP contribution in [0.25, 0.3) is 10.9 Å². The van der Waals surface area contributed by atoms with Crippen LogP contribution in [0.1, 0.15) is 24.8 Å². The van der Waals surface area contributed by atoms with Crippen LogP contribution in [0.2, 0.25) is 0 Å². The van der Waals surface area contributed by atoms with Crippen molar-refractivity contribution in [2.24, 2.45) is 4.99 Å². The Hall–Kier alpha value is -1.22. The summed E-state index contributed by atoms with van der Waals surface area (Å²) in [6.45, 7) is 2.15. The first-order valence-electron chi connectivity index (χ1n) is 5.98. The van der Waals surface area contributed by atoms with Crippen LogP contribution < -0.4 is 0 Å². The van der Waals surface area contributed by atoms with E-state index in [0.717, 1.165) is 0 Å². The van der Waals surface area contributed by atoms with E-state index in [1.54, 1.807) is 0 Å². The number of benzene rings is 1. The minimum atomic E-state index is 0.493. The molecule has 2 nitrogen and oxygen atoms in total. The van der Waals surface area contributed by atoms with Gasteiger partial charge < -0.3 is 4.98 Å². The number of aliphatic imine (C=N–C) groups is 1. The first-order valence-corrected chi connectivity index (χ1v) is 6.96. The molecule has 0 spiro atoms. The summed E-state index contributed by atoms with van der Waals surface area (Å²) in [5, 5.41) is 2.70. The molecule has 0 aliphatic carbocycles. The zero-order valence-electron chi connectivity index (χ0n) is 10.2. The number of aromatic nitrogens is 1. The lowest BCUT2D eigenvalue weighted by molar-refractivity contribution is 0.812. The predicted molar refractivity (Wildman–Crippen MR) is 75.4 cm³/mol. The van der Waals surface area contributed by atoms with Gasteiger partial charge in [0.2, 0.25) is 0 Å². The van der Waals surface area contributed by atoms with E-state index in [1.165, 1.54) is 39.4 Å². The van der Waals surface area contributed by atoms with Gasteiger partial charge >= 0.3 is 0 Å². The number of nitrogens with zero attached hydrogens (tertiary/aromatic N) is 1. The summed E-state index contributed by atoms with van der Waals surface area (Å²) in [5.41, 5.74) is 3.96. The Labute approximate surface area is 106 Å². The Morgan fingerprint density at radius 2 is 2.24 bits per heavy atom. The third-order valence-electron chi connectivity index (χ3n) is 3.57. The number of fused-ring (bicyclic) bond motifs is 3. The lowest BCUT2D eigenvalue weighted by Gasteiger charge is -2.22. The summed E-state index contributed by atoms with van der Waals surface area (Å²) in [6, 6.07) is 8.58. The molecule has 2 heterocycles. The Balaban J connectivity index is 2.24. The third kappa shape index (κ3) is 1.69. The van der Waals surface area contributed by atoms with Crippen molar-refractivity contribution in [2.75, 3.05) is 12.8 Å². The van der Waals surface area contributed by atoms with Crippen LogP contribution in [0.5, 0.6) is 0 Å². The molecule has 1 N–H and O–H groups in total. The van der Waals surface area contributed by atoms with E-state index in [2.05, 4.69) is 41.2 Å². The van der Waals surface area contributed by atoms with Gasteiger partial charge in [-0.2, -0.15) is 0 Å². The van der Waals surface area contributed by atoms with Crippen molar-refractivity contribution in [1.82, 2.24) is 4.98 Å². The first kappa shape index (κ1) is 10.9. The largest absolute Gasteiger partial charge is 0.349 e. The number of nitrogens with one attached hydrogen (secondary N) is 1. The Bertz CT molecular complexity index is 583. The zero-order chi connectivity index (χ0) is 11.8. The van der Waals surface area contributed by atoms with Crippen LogP contribution in [-0.4, -0.2) is 23.5 Å². The van der Waals surface area contributed by atoms with Crippen molar-refractivity contribution < 1.29 is 0 Å². The number of H-pyrrole nitrogens is 1. The van der Waals surface area contributed by atoms with E-state index >= 15 is 0 Å². The highest BCUT2D eigenvalue weighted by Crippen LogP contribution is 2.42. The fraction of sp³-hybridized carbons (Fsp3) is 0.357. The molecule has 1 aliphatic heterocycles. The molecule has 88 valence electrons. The van der Waals surface area contributed by atoms with E-state index in [1.807, 2.05) is 18.8 Å². The summed E-state index contributed by atoms with van der Waals surface area (Å²) < 4.78 is 0. The van der Waals surface area contributed by atoms with Gasteiger partial charge in [-0.05, 0) is 19.4 Å². The van der Waals surface area contributed by atoms with Crippen LogP contribution in [0.15, 0.2) is 34.3 Å². The summed E-state index contributed by atoms with van der Waals surface area (Å²) in [4.78, 5) is 7.92. The van der Waals surface area contributed by atoms with Crippen LogP contribution in [-0.2, 0) is 0 Å². The minimum absolute atomic E-state index is 0.493. The van der Waals surface area contributed by atoms with Crippen molar-refractivity contribution in [1.29, 1.82) is 0 Å². The first-order chi connectivity index (χ1) is 8.31. The number of para-hydroxylation sites is 1. The smallest absolute Gasteiger partial charge is 0.0771 e. The maximum Gasteiger partial charge on any atom is 0.0771 e. The lowest BCUT2D eigenvalue weighted by atomic mass is 9.91. The Kier molecular flexibility index (Phi) is 2.71. The zero-order valence-corrected chi connectivity index (χ0v) is 11.0. The summed E-state index contributed by atoms with van der Waals surface area (Å²) in [5.74, 6) is 1.67. The molecule has 0 saturated carbocycles. The van der Waals surface area contributed by atoms with Gasteiger partial charge in [-0.25, -0.2) is 0 Å². The van der Waals surface area contributed by atoms with Gasteiger partial charge in [0, 0.05) is 40.9 Å². The minimum Gasteiger partial charge on any atom is -0.349 e. The second-order valence-electron chi connectivity index (χ2n) is 4.47. The SMILES string of the molecule is C/N=C(\C)C1CCSc2[nH]c3ccccc3c21. The number of thioether (sulfide) groups is 1. The third-order valence-corrected chi connectivity index (χ3v) is 4.62. The van der Waals surface area contributed by atoms with Gasteiger partial charge in [0.25, 0.3) is 0 Å². The van der Waals surface area contributed by atoms with Crippen molar-refractivity contribution in [2.45, 2.75) is 24.3 Å². The van der Waals surface area contributed by atoms with Gasteiger partial charge in [0.15, 0.2) is 0 Å². The monoisotopic (exact) mass is 244 g/mol. The quantitative estimate of drug-likeness (QED) is 0.758. The summed E-state index contributed by atoms with van der Waals surface area (Å²) in [7, 11) is 1.89. The molecule has 2 aromatic rings. The molecular formula is C14H16N2S. The van der Waals surface area contributed by atoms with Crippen molar-refractivity contribution in [3.8, 4) is 0 Å². The Morgan fingerprint density at radius 3 is 3.06 bits per heavy atom. The predicted octanol–water partition coefficient (Wildman–Crippen LogP) is 3.84. The van der Waals surface area contributed by atoms with Gasteiger partial charge in [0.1, 0.15) is 0 Å². The van der Waals surface area contributed by atoms with Crippen molar-refractivity contribution in [3.63, 3.8) is 0 Å². The Morgan fingerprint density at radius 1 is 1.41 bits per heavy atom. The molecule has 3 heteroatoms. The average Bonchev–Trinajstić information content (AvgIpc) is 2.76. The summed E-state index contributed by atoms with van der Waals surface area (Å²) >= 11 is 1.94. The van der Waals surface area contributed by atoms with E-state index in [9.17, 15) is 0 Å². The summed E-state index contributed by atoms with van der Waals surface area (Å²) in [6.07, 6.45) is 1.20. The van der Waals surface area contributed by atoms with E-state index in [-0.39, 0.29) is 0 Å². The van der Waals surface area contributed by atoms with Gasteiger partial charge in [0.05, 0.1) is 5.03 Å². The molecule has 3 rings (SSSR count). The maximum absolute atomic E-state index is 4.39. The molecule has 1 aliphatic rings. The number of hydrogen-bond donors (Lipinski definition) is 1. The topological polar surface area (TPSA) is 28.1 Å². The van der Waals surface area contributed by atoms with E-state index in [4.69, 9.17) is 0 Å². The van der Waals surface area contributed by atoms with E-state index in [0.29, 0.717) is 5.92 Å². The molecule has 1 aromatic carbocycles. The second-order valence-corrected chi connectivity index (χ2v) is 5.57. The van der Waals surface area contributed by atoms with Crippen molar-refractivity contribution in [3.05, 3.63) is 29.8 Å². The highest BCUT2D eigenvalue weighted by molar-refractivity contribution is 7.99. The molecule has 0 saturated heterocycles. The fourth-order valence-electron chi connectivity index (χ4n) is 2.60.